The monoisotopic (exact) mass is 1390 g/mol. The molecule has 0 aromatic carbocycles. The highest BCUT2D eigenvalue weighted by molar-refractivity contribution is 6.00. The van der Waals surface area contributed by atoms with E-state index in [1.54, 1.807) is 41.5 Å². The summed E-state index contributed by atoms with van der Waals surface area (Å²) in [6.45, 7) is 29.4. The molecule has 0 spiro atoms. The minimum absolute atomic E-state index is 0.0565. The highest BCUT2D eigenvalue weighted by Gasteiger charge is 2.46. The SMILES string of the molecule is CC[C@@H]1NC(=O)C([C@H](O)[C@H](C)CCCCCCNC(C)=O)N(C)C(=O)[C@H](C(C)C)N(C)C(=O)[C@H](CC(C)C)N(C)C(=O)C(CC(C)C)N(C)C(=O)C(C)NC(=O)[C@@H](C)NC(=O)[C@@H](CC(C)C)N(C)C(=O)[C@@H](C(C)C)NC(=O)[C@H](CC(C)C)N(C)C(=O)[C@@H](COCCCCO)N(C)C1=O. The van der Waals surface area contributed by atoms with Crippen molar-refractivity contribution in [3.63, 3.8) is 0 Å². The summed E-state index contributed by atoms with van der Waals surface area (Å²) < 4.78 is 6.02. The summed E-state index contributed by atoms with van der Waals surface area (Å²) in [5, 5.41) is 36.0. The van der Waals surface area contributed by atoms with Gasteiger partial charge in [0, 0.05) is 76.0 Å². The van der Waals surface area contributed by atoms with Crippen molar-refractivity contribution < 1.29 is 72.5 Å². The molecular formula is C71H130N12O15. The van der Waals surface area contributed by atoms with Crippen LogP contribution >= 0.6 is 0 Å². The number of amides is 12. The lowest BCUT2D eigenvalue weighted by Crippen LogP contribution is -2.64. The van der Waals surface area contributed by atoms with Gasteiger partial charge in [0.05, 0.1) is 12.7 Å². The van der Waals surface area contributed by atoms with E-state index in [-0.39, 0.29) is 74.9 Å². The number of nitrogens with one attached hydrogen (secondary N) is 5. The second-order valence-electron chi connectivity index (χ2n) is 29.7. The number of carbonyl (C=O) groups is 12. The second kappa shape index (κ2) is 43.2. The van der Waals surface area contributed by atoms with Gasteiger partial charge in [0.1, 0.15) is 66.5 Å². The summed E-state index contributed by atoms with van der Waals surface area (Å²) in [5.74, 6) is -10.6. The number of aliphatic hydroxyl groups is 2. The maximum absolute atomic E-state index is 15.5. The molecule has 1 heterocycles. The van der Waals surface area contributed by atoms with Gasteiger partial charge in [0.15, 0.2) is 0 Å². The van der Waals surface area contributed by atoms with Crippen LogP contribution in [-0.2, 0) is 62.3 Å². The highest BCUT2D eigenvalue weighted by atomic mass is 16.5. The van der Waals surface area contributed by atoms with E-state index in [9.17, 15) is 39.0 Å². The first-order valence-corrected chi connectivity index (χ1v) is 35.7. The van der Waals surface area contributed by atoms with Gasteiger partial charge in [-0.1, -0.05) is 116 Å². The van der Waals surface area contributed by atoms with E-state index in [1.165, 1.54) is 94.6 Å². The van der Waals surface area contributed by atoms with Crippen LogP contribution in [-0.4, -0.2) is 264 Å². The lowest BCUT2D eigenvalue weighted by Gasteiger charge is -2.41. The molecule has 564 valence electrons. The van der Waals surface area contributed by atoms with Gasteiger partial charge in [0.25, 0.3) is 0 Å². The van der Waals surface area contributed by atoms with Crippen molar-refractivity contribution in [1.29, 1.82) is 0 Å². The van der Waals surface area contributed by atoms with Crippen molar-refractivity contribution in [2.24, 2.45) is 41.4 Å². The average Bonchev–Trinajstić information content (AvgIpc) is 0.807. The summed E-state index contributed by atoms with van der Waals surface area (Å²) in [4.78, 5) is 184. The van der Waals surface area contributed by atoms with E-state index in [1.807, 2.05) is 55.4 Å². The summed E-state index contributed by atoms with van der Waals surface area (Å²) in [7, 11) is 9.85. The maximum Gasteiger partial charge on any atom is 0.248 e. The minimum Gasteiger partial charge on any atom is -0.396 e. The van der Waals surface area contributed by atoms with E-state index in [4.69, 9.17) is 4.74 Å². The Morgan fingerprint density at radius 3 is 1.37 bits per heavy atom. The molecule has 0 radical (unpaired) electrons. The molecule has 1 aliphatic heterocycles. The molecule has 0 bridgehead atoms. The van der Waals surface area contributed by atoms with Crippen molar-refractivity contribution in [2.45, 2.75) is 267 Å². The number of nitrogens with zero attached hydrogens (tertiary/aromatic N) is 7. The fraction of sp³-hybridized carbons (Fsp3) is 0.831. The van der Waals surface area contributed by atoms with Gasteiger partial charge in [-0.15, -0.1) is 0 Å². The Bertz CT molecular complexity index is 2600. The molecule has 1 aliphatic rings. The number of hydrogen-bond acceptors (Lipinski definition) is 15. The van der Waals surface area contributed by atoms with Crippen LogP contribution in [0.1, 0.15) is 195 Å². The summed E-state index contributed by atoms with van der Waals surface area (Å²) in [5.41, 5.74) is 0. The standard InChI is InChI=1S/C71H130N12O15/c1-25-51-66(92)81(22)56(40-98-35-31-30-34-84)69(95)77(18)53(37-42(4)5)63(89)76-57(45(10)11)70(96)78(19)52(36-41(2)3)62(88)73-48(15)61(87)74-49(16)65(91)79(20)54(38-43(6)7)67(93)80(21)55(39-44(8)9)68(94)82(23)58(46(12)13)71(97)83(24)59(64(90)75-51)60(86)47(14)32-28-26-27-29-33-72-50(17)85/h41-49,51-60,84,86H,25-40H2,1-24H3,(H,72,85)(H,73,88)(H,74,87)(H,75,90)(H,76,89)/t47-,48-,49?,51+,52-,53+,54?,55+,56-,57-,58+,59?,60-/m1/s1. The van der Waals surface area contributed by atoms with Crippen LogP contribution in [0.3, 0.4) is 0 Å². The minimum atomic E-state index is -1.68. The Kier molecular flexibility index (Phi) is 39.5. The highest BCUT2D eigenvalue weighted by Crippen LogP contribution is 2.27. The number of carbonyl (C=O) groups excluding carboxylic acids is 12. The Morgan fingerprint density at radius 1 is 0.459 bits per heavy atom. The summed E-state index contributed by atoms with van der Waals surface area (Å²) in [6.07, 6.45) is 2.82. The van der Waals surface area contributed by atoms with Crippen LogP contribution in [0.5, 0.6) is 0 Å². The van der Waals surface area contributed by atoms with Crippen LogP contribution in [0.4, 0.5) is 0 Å². The number of aliphatic hydroxyl groups excluding tert-OH is 2. The number of ether oxygens (including phenoxy) is 1. The van der Waals surface area contributed by atoms with Gasteiger partial charge >= 0.3 is 0 Å². The molecule has 1 saturated heterocycles. The van der Waals surface area contributed by atoms with Crippen LogP contribution in [0, 0.1) is 41.4 Å². The zero-order chi connectivity index (χ0) is 75.5. The van der Waals surface area contributed by atoms with Crippen LogP contribution < -0.4 is 26.6 Å². The lowest BCUT2D eigenvalue weighted by molar-refractivity contribution is -0.157. The Labute approximate surface area is 586 Å². The maximum atomic E-state index is 15.5. The normalized spacial score (nSPS) is 25.5. The molecule has 12 amide bonds. The Hall–Kier alpha value is -6.48. The Morgan fingerprint density at radius 2 is 0.888 bits per heavy atom. The second-order valence-corrected chi connectivity index (χ2v) is 29.7. The number of likely N-dealkylation sites (N-methyl/N-ethyl adjacent to an activating group) is 7. The van der Waals surface area contributed by atoms with Gasteiger partial charge in [-0.2, -0.15) is 0 Å². The molecule has 98 heavy (non-hydrogen) atoms. The molecule has 7 N–H and O–H groups in total. The van der Waals surface area contributed by atoms with E-state index in [0.717, 1.165) is 22.6 Å². The molecule has 0 aromatic rings. The number of hydrogen-bond donors (Lipinski definition) is 7. The molecule has 27 nitrogen and oxygen atoms in total. The van der Waals surface area contributed by atoms with Crippen molar-refractivity contribution in [3.8, 4) is 0 Å². The van der Waals surface area contributed by atoms with Crippen molar-refractivity contribution in [2.75, 3.05) is 75.7 Å². The lowest BCUT2D eigenvalue weighted by atomic mass is 9.90. The van der Waals surface area contributed by atoms with Gasteiger partial charge < -0.3 is 75.8 Å². The van der Waals surface area contributed by atoms with E-state index >= 15 is 28.8 Å². The van der Waals surface area contributed by atoms with Crippen molar-refractivity contribution in [3.05, 3.63) is 0 Å². The van der Waals surface area contributed by atoms with Gasteiger partial charge in [0.2, 0.25) is 70.9 Å². The zero-order valence-electron chi connectivity index (χ0n) is 64.1. The third kappa shape index (κ3) is 27.2. The zero-order valence-corrected chi connectivity index (χ0v) is 64.1. The quantitative estimate of drug-likeness (QED) is 0.0609. The molecule has 1 fully saturated rings. The van der Waals surface area contributed by atoms with Crippen LogP contribution in [0.25, 0.3) is 0 Å². The fourth-order valence-electron chi connectivity index (χ4n) is 12.4. The van der Waals surface area contributed by atoms with E-state index < -0.39 is 162 Å². The van der Waals surface area contributed by atoms with Crippen LogP contribution in [0.15, 0.2) is 0 Å². The molecule has 3 unspecified atom stereocenters. The van der Waals surface area contributed by atoms with Gasteiger partial charge in [-0.3, -0.25) is 57.5 Å². The van der Waals surface area contributed by atoms with Gasteiger partial charge in [-0.05, 0) is 113 Å². The van der Waals surface area contributed by atoms with Crippen LogP contribution in [0.2, 0.25) is 0 Å². The topological polar surface area (TPSA) is 337 Å². The van der Waals surface area contributed by atoms with Crippen molar-refractivity contribution in [1.82, 2.24) is 60.9 Å². The summed E-state index contributed by atoms with van der Waals surface area (Å²) >= 11 is 0. The molecule has 13 atom stereocenters. The molecular weight excluding hydrogens is 1260 g/mol. The largest absolute Gasteiger partial charge is 0.396 e. The predicted molar refractivity (Wildman–Crippen MR) is 377 cm³/mol. The van der Waals surface area contributed by atoms with E-state index in [0.29, 0.717) is 38.6 Å². The molecule has 0 aliphatic carbocycles. The summed E-state index contributed by atoms with van der Waals surface area (Å²) in [6, 6.07) is -14.4. The molecule has 27 heteroatoms. The third-order valence-corrected chi connectivity index (χ3v) is 18.6. The predicted octanol–water partition coefficient (Wildman–Crippen LogP) is 3.55. The first-order chi connectivity index (χ1) is 45.5. The number of unbranched alkanes of at least 4 members (excludes halogenated alkanes) is 4. The number of rotatable bonds is 26. The Balaban J connectivity index is 4.53. The fourth-order valence-corrected chi connectivity index (χ4v) is 12.4. The molecule has 1 rings (SSSR count). The average molecular weight is 1390 g/mol. The molecule has 0 saturated carbocycles. The first kappa shape index (κ1) is 89.5. The van der Waals surface area contributed by atoms with Gasteiger partial charge in [-0.25, -0.2) is 0 Å². The first-order valence-electron chi connectivity index (χ1n) is 35.7. The third-order valence-electron chi connectivity index (χ3n) is 18.6. The molecule has 0 aromatic heterocycles. The smallest absolute Gasteiger partial charge is 0.248 e. The van der Waals surface area contributed by atoms with E-state index in [2.05, 4.69) is 26.6 Å². The van der Waals surface area contributed by atoms with Crippen molar-refractivity contribution >= 4 is 70.9 Å².